The fourth-order valence-electron chi connectivity index (χ4n) is 2.08. The van der Waals surface area contributed by atoms with Gasteiger partial charge in [-0.2, -0.15) is 13.2 Å². The topological polar surface area (TPSA) is 12.0 Å². The van der Waals surface area contributed by atoms with Crippen molar-refractivity contribution in [3.8, 4) is 0 Å². The molecule has 1 aromatic heterocycles. The summed E-state index contributed by atoms with van der Waals surface area (Å²) in [6.07, 6.45) is -4.30. The summed E-state index contributed by atoms with van der Waals surface area (Å²) < 4.78 is 38.9. The average molecular weight is 378 g/mol. The molecule has 2 aromatic rings. The van der Waals surface area contributed by atoms with Crippen LogP contribution in [0.5, 0.6) is 0 Å². The third-order valence-electron chi connectivity index (χ3n) is 3.14. The van der Waals surface area contributed by atoms with E-state index >= 15 is 0 Å². The first-order valence-corrected chi connectivity index (χ1v) is 8.10. The van der Waals surface area contributed by atoms with Gasteiger partial charge in [0.2, 0.25) is 0 Å². The minimum absolute atomic E-state index is 0.0905. The Hall–Kier alpha value is -0.850. The summed E-state index contributed by atoms with van der Waals surface area (Å²) in [5, 5.41) is 3.32. The molecule has 6 heteroatoms. The molecule has 1 atom stereocenters. The van der Waals surface area contributed by atoms with Crippen molar-refractivity contribution in [3.63, 3.8) is 0 Å². The number of rotatable bonds is 4. The molecule has 1 nitrogen and oxygen atoms in total. The van der Waals surface area contributed by atoms with Crippen molar-refractivity contribution in [1.29, 1.82) is 0 Å². The molecule has 0 saturated heterocycles. The molecule has 1 unspecified atom stereocenters. The van der Waals surface area contributed by atoms with E-state index in [0.717, 1.165) is 38.5 Å². The van der Waals surface area contributed by atoms with Crippen LogP contribution in [0.3, 0.4) is 0 Å². The van der Waals surface area contributed by atoms with E-state index in [0.29, 0.717) is 0 Å². The molecule has 2 rings (SSSR count). The van der Waals surface area contributed by atoms with Crippen LogP contribution in [0.1, 0.15) is 34.5 Å². The quantitative estimate of drug-likeness (QED) is 0.737. The van der Waals surface area contributed by atoms with Crippen LogP contribution in [0, 0.1) is 6.92 Å². The average Bonchev–Trinajstić information content (AvgIpc) is 2.75. The van der Waals surface area contributed by atoms with E-state index in [1.54, 1.807) is 23.5 Å². The molecule has 0 aliphatic rings. The third kappa shape index (κ3) is 3.87. The Morgan fingerprint density at radius 3 is 2.29 bits per heavy atom. The smallest absolute Gasteiger partial charge is 0.306 e. The summed E-state index contributed by atoms with van der Waals surface area (Å²) in [6, 6.07) is 7.31. The van der Waals surface area contributed by atoms with E-state index in [1.807, 2.05) is 13.8 Å². The number of aryl methyl sites for hydroxylation is 1. The van der Waals surface area contributed by atoms with E-state index < -0.39 is 11.7 Å². The van der Waals surface area contributed by atoms with Crippen molar-refractivity contribution in [2.45, 2.75) is 26.1 Å². The fraction of sp³-hybridized carbons (Fsp3) is 0.333. The third-order valence-corrected chi connectivity index (χ3v) is 5.34. The van der Waals surface area contributed by atoms with Crippen molar-refractivity contribution >= 4 is 27.3 Å². The number of alkyl halides is 3. The van der Waals surface area contributed by atoms with Gasteiger partial charge in [-0.15, -0.1) is 11.3 Å². The summed E-state index contributed by atoms with van der Waals surface area (Å²) in [5.74, 6) is 0. The summed E-state index contributed by atoms with van der Waals surface area (Å²) in [4.78, 5) is 1.08. The zero-order valence-corrected chi connectivity index (χ0v) is 14.0. The van der Waals surface area contributed by atoms with Gasteiger partial charge in [-0.3, -0.25) is 0 Å². The molecule has 1 aromatic carbocycles. The maximum Gasteiger partial charge on any atom is 0.416 e. The highest BCUT2D eigenvalue weighted by Crippen LogP contribution is 2.35. The van der Waals surface area contributed by atoms with Crippen LogP contribution in [-0.2, 0) is 6.18 Å². The van der Waals surface area contributed by atoms with Crippen LogP contribution in [0.4, 0.5) is 13.2 Å². The molecule has 0 fully saturated rings. The van der Waals surface area contributed by atoms with Crippen molar-refractivity contribution in [2.75, 3.05) is 6.54 Å². The molecule has 0 aliphatic heterocycles. The van der Waals surface area contributed by atoms with Gasteiger partial charge in [0.05, 0.1) is 15.4 Å². The molecule has 0 saturated carbocycles. The fourth-order valence-corrected chi connectivity index (χ4v) is 3.75. The van der Waals surface area contributed by atoms with Crippen molar-refractivity contribution < 1.29 is 13.2 Å². The van der Waals surface area contributed by atoms with Gasteiger partial charge < -0.3 is 5.32 Å². The van der Waals surface area contributed by atoms with Gasteiger partial charge in [-0.1, -0.05) is 19.1 Å². The SMILES string of the molecule is CCNC(c1ccc(C(F)(F)F)cc1)c1cc(C)c(Br)s1. The number of nitrogens with one attached hydrogen (secondary N) is 1. The standard InChI is InChI=1S/C15H15BrF3NS/c1-3-20-13(12-8-9(2)14(16)21-12)10-4-6-11(7-5-10)15(17,18)19/h4-8,13,20H,3H2,1-2H3. The molecule has 0 radical (unpaired) electrons. The molecular formula is C15H15BrF3NS. The molecule has 1 heterocycles. The molecular weight excluding hydrogens is 363 g/mol. The Labute approximate surface area is 134 Å². The zero-order valence-electron chi connectivity index (χ0n) is 11.6. The van der Waals surface area contributed by atoms with Crippen LogP contribution in [-0.4, -0.2) is 6.54 Å². The van der Waals surface area contributed by atoms with Crippen LogP contribution in [0.2, 0.25) is 0 Å². The van der Waals surface area contributed by atoms with E-state index in [9.17, 15) is 13.2 Å². The van der Waals surface area contributed by atoms with E-state index in [1.165, 1.54) is 0 Å². The normalized spacial score (nSPS) is 13.4. The first kappa shape index (κ1) is 16.5. The minimum Gasteiger partial charge on any atom is -0.306 e. The number of thiophene rings is 1. The lowest BCUT2D eigenvalue weighted by atomic mass is 10.0. The largest absolute Gasteiger partial charge is 0.416 e. The van der Waals surface area contributed by atoms with Crippen molar-refractivity contribution in [3.05, 3.63) is 55.7 Å². The second-order valence-electron chi connectivity index (χ2n) is 4.72. The Balaban J connectivity index is 2.34. The van der Waals surface area contributed by atoms with Crippen LogP contribution in [0.15, 0.2) is 34.1 Å². The zero-order chi connectivity index (χ0) is 15.6. The summed E-state index contributed by atoms with van der Waals surface area (Å²) in [5.41, 5.74) is 1.34. The van der Waals surface area contributed by atoms with Gasteiger partial charge in [-0.25, -0.2) is 0 Å². The first-order valence-electron chi connectivity index (χ1n) is 6.49. The van der Waals surface area contributed by atoms with Crippen LogP contribution in [0.25, 0.3) is 0 Å². The Morgan fingerprint density at radius 2 is 1.86 bits per heavy atom. The Kier molecular flexibility index (Phi) is 5.11. The second kappa shape index (κ2) is 6.50. The Morgan fingerprint density at radius 1 is 1.24 bits per heavy atom. The monoisotopic (exact) mass is 377 g/mol. The lowest BCUT2D eigenvalue weighted by Gasteiger charge is -2.17. The first-order chi connectivity index (χ1) is 9.82. The highest BCUT2D eigenvalue weighted by atomic mass is 79.9. The molecule has 0 aliphatic carbocycles. The van der Waals surface area contributed by atoms with E-state index in [4.69, 9.17) is 0 Å². The number of hydrogen-bond donors (Lipinski definition) is 1. The highest BCUT2D eigenvalue weighted by Gasteiger charge is 2.30. The van der Waals surface area contributed by atoms with Crippen LogP contribution >= 0.6 is 27.3 Å². The van der Waals surface area contributed by atoms with E-state index in [-0.39, 0.29) is 6.04 Å². The second-order valence-corrected chi connectivity index (χ2v) is 7.12. The van der Waals surface area contributed by atoms with Gasteiger partial charge in [0.1, 0.15) is 0 Å². The summed E-state index contributed by atoms with van der Waals surface area (Å²) >= 11 is 5.09. The van der Waals surface area contributed by atoms with Gasteiger partial charge in [0.15, 0.2) is 0 Å². The number of benzene rings is 1. The molecule has 21 heavy (non-hydrogen) atoms. The predicted molar refractivity (Wildman–Crippen MR) is 83.7 cm³/mol. The van der Waals surface area contributed by atoms with Gasteiger partial charge >= 0.3 is 6.18 Å². The predicted octanol–water partition coefficient (Wildman–Crippen LogP) is 5.54. The van der Waals surface area contributed by atoms with Gasteiger partial charge in [0.25, 0.3) is 0 Å². The lowest BCUT2D eigenvalue weighted by molar-refractivity contribution is -0.137. The lowest BCUT2D eigenvalue weighted by Crippen LogP contribution is -2.21. The number of halogens is 4. The highest BCUT2D eigenvalue weighted by molar-refractivity contribution is 9.11. The van der Waals surface area contributed by atoms with Crippen LogP contribution < -0.4 is 5.32 Å². The molecule has 0 bridgehead atoms. The molecule has 114 valence electrons. The molecule has 0 spiro atoms. The van der Waals surface area contributed by atoms with E-state index in [2.05, 4.69) is 27.3 Å². The molecule has 0 amide bonds. The number of hydrogen-bond acceptors (Lipinski definition) is 2. The summed E-state index contributed by atoms with van der Waals surface area (Å²) in [6.45, 7) is 4.71. The molecule has 1 N–H and O–H groups in total. The van der Waals surface area contributed by atoms with Gasteiger partial charge in [-0.05, 0) is 58.7 Å². The van der Waals surface area contributed by atoms with Crippen molar-refractivity contribution in [2.24, 2.45) is 0 Å². The van der Waals surface area contributed by atoms with Crippen molar-refractivity contribution in [1.82, 2.24) is 5.32 Å². The minimum atomic E-state index is -4.30. The maximum atomic E-state index is 12.6. The Bertz CT molecular complexity index is 585. The van der Waals surface area contributed by atoms with Gasteiger partial charge in [0, 0.05) is 4.88 Å². The summed E-state index contributed by atoms with van der Waals surface area (Å²) in [7, 11) is 0. The maximum absolute atomic E-state index is 12.6.